The van der Waals surface area contributed by atoms with Gasteiger partial charge in [0, 0.05) is 41.1 Å². The van der Waals surface area contributed by atoms with Gasteiger partial charge < -0.3 is 15.4 Å². The molecule has 1 amide bonds. The average Bonchev–Trinajstić information content (AvgIpc) is 3.42. The van der Waals surface area contributed by atoms with Gasteiger partial charge in [-0.3, -0.25) is 19.9 Å². The van der Waals surface area contributed by atoms with Crippen LogP contribution in [0.25, 0.3) is 11.1 Å². The summed E-state index contributed by atoms with van der Waals surface area (Å²) in [4.78, 5) is 45.4. The molecule has 9 nitrogen and oxygen atoms in total. The number of aromatic nitrogens is 3. The lowest BCUT2D eigenvalue weighted by molar-refractivity contribution is -0.192. The number of aliphatic carboxylic acids is 1. The smallest absolute Gasteiger partial charge is 0.475 e. The summed E-state index contributed by atoms with van der Waals surface area (Å²) in [7, 11) is 0. The van der Waals surface area contributed by atoms with Crippen molar-refractivity contribution in [3.05, 3.63) is 98.6 Å². The van der Waals surface area contributed by atoms with Crippen LogP contribution in [-0.4, -0.2) is 44.2 Å². The maximum atomic E-state index is 13.2. The second-order valence-corrected chi connectivity index (χ2v) is 9.06. The van der Waals surface area contributed by atoms with E-state index < -0.39 is 18.2 Å². The molecule has 0 spiro atoms. The molecular weight excluding hydrogens is 559 g/mol. The minimum atomic E-state index is -5.08. The number of amides is 1. The van der Waals surface area contributed by atoms with Gasteiger partial charge in [0.1, 0.15) is 5.69 Å². The molecule has 4 rings (SSSR count). The number of hydrogen-bond donors (Lipinski definition) is 4. The molecule has 3 aromatic heterocycles. The molecule has 0 fully saturated rings. The van der Waals surface area contributed by atoms with Gasteiger partial charge in [-0.1, -0.05) is 23.7 Å². The number of alkyl halides is 3. The molecule has 0 aliphatic carbocycles. The molecule has 1 atom stereocenters. The van der Waals surface area contributed by atoms with Crippen LogP contribution in [0.1, 0.15) is 11.3 Å². The van der Waals surface area contributed by atoms with E-state index in [-0.39, 0.29) is 17.2 Å². The van der Waals surface area contributed by atoms with Crippen LogP contribution < -0.4 is 16.2 Å². The summed E-state index contributed by atoms with van der Waals surface area (Å²) in [6.45, 7) is 0.426. The lowest BCUT2D eigenvalue weighted by Gasteiger charge is -2.18. The van der Waals surface area contributed by atoms with Crippen LogP contribution in [0.2, 0.25) is 5.02 Å². The number of carbonyl (C=O) groups is 2. The van der Waals surface area contributed by atoms with Crippen molar-refractivity contribution in [3.8, 4) is 11.1 Å². The number of carboxylic acids is 1. The number of rotatable bonds is 8. The van der Waals surface area contributed by atoms with Gasteiger partial charge in [-0.2, -0.15) is 13.2 Å². The largest absolute Gasteiger partial charge is 0.490 e. The summed E-state index contributed by atoms with van der Waals surface area (Å²) >= 11 is 7.60. The third-order valence-corrected chi connectivity index (χ3v) is 5.95. The van der Waals surface area contributed by atoms with Crippen LogP contribution >= 0.6 is 22.9 Å². The zero-order valence-electron chi connectivity index (χ0n) is 19.9. The van der Waals surface area contributed by atoms with E-state index in [1.165, 1.54) is 11.3 Å². The number of nitrogens with one attached hydrogen (secondary N) is 3. The number of nitrogens with zero attached hydrogens (tertiary/aromatic N) is 2. The summed E-state index contributed by atoms with van der Waals surface area (Å²) in [6.07, 6.45) is 0.264. The molecule has 0 unspecified atom stereocenters. The first-order valence-corrected chi connectivity index (χ1v) is 12.4. The highest BCUT2D eigenvalue weighted by Crippen LogP contribution is 2.19. The molecule has 0 aliphatic heterocycles. The van der Waals surface area contributed by atoms with Crippen molar-refractivity contribution in [1.82, 2.24) is 20.3 Å². The fraction of sp³-hybridized carbons (Fsp3) is 0.160. The Balaban J connectivity index is 0.000000532. The number of benzene rings is 1. The lowest BCUT2D eigenvalue weighted by Crippen LogP contribution is -2.42. The molecular formula is C25H21ClF3N5O4S. The molecule has 0 saturated carbocycles. The molecule has 14 heteroatoms. The van der Waals surface area contributed by atoms with Gasteiger partial charge in [0.2, 0.25) is 5.91 Å². The maximum Gasteiger partial charge on any atom is 0.490 e. The van der Waals surface area contributed by atoms with Crippen molar-refractivity contribution in [3.63, 3.8) is 0 Å². The molecule has 0 saturated heterocycles. The molecule has 0 radical (unpaired) electrons. The van der Waals surface area contributed by atoms with E-state index in [1.54, 1.807) is 36.2 Å². The summed E-state index contributed by atoms with van der Waals surface area (Å²) in [5.41, 5.74) is 4.94. The van der Waals surface area contributed by atoms with E-state index in [9.17, 15) is 22.8 Å². The van der Waals surface area contributed by atoms with Gasteiger partial charge in [-0.25, -0.2) is 9.78 Å². The third-order valence-electron chi connectivity index (χ3n) is 5.08. The first-order chi connectivity index (χ1) is 18.5. The maximum absolute atomic E-state index is 13.2. The number of hydrogen-bond acceptors (Lipinski definition) is 7. The second kappa shape index (κ2) is 13.6. The van der Waals surface area contributed by atoms with Crippen molar-refractivity contribution in [2.45, 2.75) is 25.2 Å². The number of anilines is 1. The first kappa shape index (κ1) is 29.5. The van der Waals surface area contributed by atoms with Crippen molar-refractivity contribution < 1.29 is 27.9 Å². The molecule has 1 aromatic carbocycles. The normalized spacial score (nSPS) is 11.7. The summed E-state index contributed by atoms with van der Waals surface area (Å²) in [5.74, 6) is -3.08. The minimum Gasteiger partial charge on any atom is -0.475 e. The highest BCUT2D eigenvalue weighted by molar-refractivity contribution is 7.07. The molecule has 4 N–H and O–H groups in total. The second-order valence-electron chi connectivity index (χ2n) is 7.91. The van der Waals surface area contributed by atoms with Crippen molar-refractivity contribution in [2.24, 2.45) is 0 Å². The minimum absolute atomic E-state index is 0.177. The molecule has 39 heavy (non-hydrogen) atoms. The van der Waals surface area contributed by atoms with E-state index in [1.807, 2.05) is 35.7 Å². The summed E-state index contributed by atoms with van der Waals surface area (Å²) in [6, 6.07) is 12.1. The topological polar surface area (TPSA) is 137 Å². The average molecular weight is 580 g/mol. The Labute approximate surface area is 228 Å². The monoisotopic (exact) mass is 579 g/mol. The Kier molecular flexibility index (Phi) is 10.3. The third kappa shape index (κ3) is 9.32. The van der Waals surface area contributed by atoms with Gasteiger partial charge >= 0.3 is 12.1 Å². The molecule has 0 bridgehead atoms. The number of carboxylic acid groups (broad SMARTS) is 1. The highest BCUT2D eigenvalue weighted by atomic mass is 35.5. The van der Waals surface area contributed by atoms with Crippen molar-refractivity contribution in [2.75, 3.05) is 5.32 Å². The standard InChI is InChI=1S/C23H20ClN5O2S.C2HF3O2/c24-18-3-1-2-15(8-18)9-20(26-12-19-13-32-14-28-19)23(31)29-21-10-17(11-27-22(21)30)16-4-6-25-7-5-16;3-2(4,5)1(6)7/h1-8,10-11,13-14,20,26H,9,12H2,(H,27,30)(H,29,31);(H,6,7)/t20-;/m0./s1. The van der Waals surface area contributed by atoms with Gasteiger partial charge in [0.25, 0.3) is 5.56 Å². The number of thiazole rings is 1. The van der Waals surface area contributed by atoms with Gasteiger partial charge in [-0.15, -0.1) is 11.3 Å². The number of pyridine rings is 2. The van der Waals surface area contributed by atoms with Crippen LogP contribution in [0.5, 0.6) is 0 Å². The SMILES string of the molecule is O=C(Nc1cc(-c2ccncc2)c[nH]c1=O)[C@H](Cc1cccc(Cl)c1)NCc1cscn1.O=C(O)C(F)(F)F. The Morgan fingerprint density at radius 3 is 2.46 bits per heavy atom. The highest BCUT2D eigenvalue weighted by Gasteiger charge is 2.38. The van der Waals surface area contributed by atoms with Gasteiger partial charge in [-0.05, 0) is 47.9 Å². The van der Waals surface area contributed by atoms with Gasteiger partial charge in [0.05, 0.1) is 17.2 Å². The van der Waals surface area contributed by atoms with Crippen LogP contribution in [-0.2, 0) is 22.6 Å². The van der Waals surface area contributed by atoms with Crippen LogP contribution in [0.15, 0.2) is 76.7 Å². The molecule has 4 aromatic rings. The van der Waals surface area contributed by atoms with E-state index in [0.29, 0.717) is 18.0 Å². The molecule has 3 heterocycles. The van der Waals surface area contributed by atoms with Crippen LogP contribution in [0.4, 0.5) is 18.9 Å². The fourth-order valence-electron chi connectivity index (χ4n) is 3.22. The Hall–Kier alpha value is -4.07. The van der Waals surface area contributed by atoms with E-state index in [2.05, 4.69) is 25.6 Å². The molecule has 204 valence electrons. The van der Waals surface area contributed by atoms with Crippen molar-refractivity contribution in [1.29, 1.82) is 0 Å². The zero-order chi connectivity index (χ0) is 28.4. The molecule has 0 aliphatic rings. The fourth-order valence-corrected chi connectivity index (χ4v) is 3.99. The Bertz CT molecular complexity index is 1450. The van der Waals surface area contributed by atoms with Crippen LogP contribution in [0.3, 0.4) is 0 Å². The summed E-state index contributed by atoms with van der Waals surface area (Å²) < 4.78 is 31.7. The van der Waals surface area contributed by atoms with Gasteiger partial charge in [0.15, 0.2) is 0 Å². The number of aromatic amines is 1. The van der Waals surface area contributed by atoms with Crippen LogP contribution in [0, 0.1) is 0 Å². The number of H-pyrrole nitrogens is 1. The quantitative estimate of drug-likeness (QED) is 0.241. The Morgan fingerprint density at radius 1 is 1.13 bits per heavy atom. The predicted octanol–water partition coefficient (Wildman–Crippen LogP) is 4.52. The lowest BCUT2D eigenvalue weighted by atomic mass is 10.0. The van der Waals surface area contributed by atoms with E-state index in [4.69, 9.17) is 21.5 Å². The van der Waals surface area contributed by atoms with E-state index >= 15 is 0 Å². The predicted molar refractivity (Wildman–Crippen MR) is 141 cm³/mol. The first-order valence-electron chi connectivity index (χ1n) is 11.1. The van der Waals surface area contributed by atoms with E-state index in [0.717, 1.165) is 22.4 Å². The van der Waals surface area contributed by atoms with Crippen molar-refractivity contribution >= 4 is 40.5 Å². The number of halogens is 4. The number of carbonyl (C=O) groups excluding carboxylic acids is 1. The Morgan fingerprint density at radius 2 is 1.85 bits per heavy atom. The summed E-state index contributed by atoms with van der Waals surface area (Å²) in [5, 5.41) is 15.7. The zero-order valence-corrected chi connectivity index (χ0v) is 21.5.